The Kier molecular flexibility index (Phi) is 5.90. The van der Waals surface area contributed by atoms with Crippen LogP contribution in [-0.2, 0) is 16.3 Å². The van der Waals surface area contributed by atoms with E-state index in [0.717, 1.165) is 34.7 Å². The van der Waals surface area contributed by atoms with Crippen molar-refractivity contribution in [2.24, 2.45) is 0 Å². The fraction of sp³-hybridized carbons (Fsp3) is 0.120. The second kappa shape index (κ2) is 8.81. The van der Waals surface area contributed by atoms with Gasteiger partial charge in [0, 0.05) is 29.1 Å². The van der Waals surface area contributed by atoms with Crippen molar-refractivity contribution < 1.29 is 13.2 Å². The second-order valence-corrected chi connectivity index (χ2v) is 9.55. The van der Waals surface area contributed by atoms with Gasteiger partial charge in [-0.1, -0.05) is 37.3 Å². The summed E-state index contributed by atoms with van der Waals surface area (Å²) in [5.41, 5.74) is 3.21. The van der Waals surface area contributed by atoms with Crippen LogP contribution in [0.3, 0.4) is 0 Å². The predicted molar refractivity (Wildman–Crippen MR) is 127 cm³/mol. The van der Waals surface area contributed by atoms with E-state index in [1.54, 1.807) is 18.3 Å². The number of fused-ring (bicyclic) bond motifs is 1. The van der Waals surface area contributed by atoms with E-state index < -0.39 is 15.7 Å². The third-order valence-corrected chi connectivity index (χ3v) is 6.35. The molecule has 0 atom stereocenters. The Hall–Kier alpha value is -4.09. The first kappa shape index (κ1) is 22.1. The van der Waals surface area contributed by atoms with Crippen LogP contribution in [0, 0.1) is 11.3 Å². The molecule has 0 fully saturated rings. The molecular formula is C25H20N4O3S. The number of rotatable bonds is 5. The van der Waals surface area contributed by atoms with E-state index in [0.29, 0.717) is 5.69 Å². The Morgan fingerprint density at radius 2 is 1.79 bits per heavy atom. The van der Waals surface area contributed by atoms with Crippen molar-refractivity contribution in [3.63, 3.8) is 0 Å². The van der Waals surface area contributed by atoms with Gasteiger partial charge in [0.1, 0.15) is 17.5 Å². The van der Waals surface area contributed by atoms with Crippen molar-refractivity contribution in [2.45, 2.75) is 18.2 Å². The van der Waals surface area contributed by atoms with Gasteiger partial charge in [0.15, 0.2) is 9.84 Å². The summed E-state index contributed by atoms with van der Waals surface area (Å²) < 4.78 is 24.1. The molecule has 0 aliphatic heterocycles. The highest BCUT2D eigenvalue weighted by Crippen LogP contribution is 2.25. The number of aromatic nitrogens is 2. The SMILES string of the molecule is CCc1ccc(-c2cc3ccc(NC(=O)c4nc(C#N)ccc4S(C)(=O)=O)cc3cn2)cc1. The first-order chi connectivity index (χ1) is 15.8. The van der Waals surface area contributed by atoms with Gasteiger partial charge in [0.05, 0.1) is 10.6 Å². The minimum atomic E-state index is -3.71. The molecule has 2 heterocycles. The highest BCUT2D eigenvalue weighted by atomic mass is 32.2. The van der Waals surface area contributed by atoms with Crippen molar-refractivity contribution in [1.82, 2.24) is 9.97 Å². The second-order valence-electron chi connectivity index (χ2n) is 7.56. The largest absolute Gasteiger partial charge is 0.321 e. The topological polar surface area (TPSA) is 113 Å². The molecule has 0 aliphatic carbocycles. The van der Waals surface area contributed by atoms with Crippen LogP contribution in [0.25, 0.3) is 22.0 Å². The summed E-state index contributed by atoms with van der Waals surface area (Å²) >= 11 is 0. The zero-order chi connectivity index (χ0) is 23.6. The van der Waals surface area contributed by atoms with Crippen molar-refractivity contribution in [2.75, 3.05) is 11.6 Å². The normalized spacial score (nSPS) is 11.2. The number of carbonyl (C=O) groups is 1. The smallest absolute Gasteiger partial charge is 0.275 e. The molecule has 1 N–H and O–H groups in total. The lowest BCUT2D eigenvalue weighted by Gasteiger charge is -2.10. The van der Waals surface area contributed by atoms with Crippen LogP contribution in [0.1, 0.15) is 28.7 Å². The standard InChI is InChI=1S/C25H20N4O3S/c1-3-16-4-6-17(7-5-16)22-13-18-8-9-20(12-19(18)15-27-22)29-25(30)24-23(33(2,31)32)11-10-21(14-26)28-24/h4-13,15H,3H2,1-2H3,(H,29,30). The number of amides is 1. The van der Waals surface area contributed by atoms with Crippen LogP contribution in [-0.4, -0.2) is 30.5 Å². The molecule has 0 radical (unpaired) electrons. The van der Waals surface area contributed by atoms with Crippen LogP contribution in [0.4, 0.5) is 5.69 Å². The number of hydrogen-bond donors (Lipinski definition) is 1. The van der Waals surface area contributed by atoms with Crippen LogP contribution in [0.5, 0.6) is 0 Å². The molecule has 0 unspecified atom stereocenters. The maximum absolute atomic E-state index is 12.8. The Bertz CT molecular complexity index is 1520. The highest BCUT2D eigenvalue weighted by molar-refractivity contribution is 7.90. The average Bonchev–Trinajstić information content (AvgIpc) is 2.82. The van der Waals surface area contributed by atoms with Gasteiger partial charge in [-0.2, -0.15) is 5.26 Å². The van der Waals surface area contributed by atoms with E-state index in [1.165, 1.54) is 17.7 Å². The minimum Gasteiger partial charge on any atom is -0.321 e. The molecule has 0 bridgehead atoms. The van der Waals surface area contributed by atoms with Crippen LogP contribution in [0.2, 0.25) is 0 Å². The first-order valence-corrected chi connectivity index (χ1v) is 12.1. The van der Waals surface area contributed by atoms with Crippen LogP contribution in [0.15, 0.2) is 71.8 Å². The van der Waals surface area contributed by atoms with E-state index in [-0.39, 0.29) is 16.3 Å². The lowest BCUT2D eigenvalue weighted by molar-refractivity contribution is 0.101. The lowest BCUT2D eigenvalue weighted by Crippen LogP contribution is -2.18. The van der Waals surface area contributed by atoms with Gasteiger partial charge >= 0.3 is 0 Å². The Morgan fingerprint density at radius 3 is 2.45 bits per heavy atom. The highest BCUT2D eigenvalue weighted by Gasteiger charge is 2.21. The number of benzene rings is 2. The summed E-state index contributed by atoms with van der Waals surface area (Å²) in [6.45, 7) is 2.11. The molecule has 164 valence electrons. The van der Waals surface area contributed by atoms with Gasteiger partial charge in [0.2, 0.25) is 0 Å². The molecule has 0 aliphatic rings. The fourth-order valence-electron chi connectivity index (χ4n) is 3.45. The number of hydrogen-bond acceptors (Lipinski definition) is 6. The molecule has 0 saturated heterocycles. The molecule has 2 aromatic heterocycles. The zero-order valence-electron chi connectivity index (χ0n) is 18.0. The average molecular weight is 457 g/mol. The van der Waals surface area contributed by atoms with Crippen LogP contribution >= 0.6 is 0 Å². The summed E-state index contributed by atoms with van der Waals surface area (Å²) in [7, 11) is -3.71. The van der Waals surface area contributed by atoms with Crippen molar-refractivity contribution in [3.05, 3.63) is 83.8 Å². The molecule has 4 aromatic rings. The van der Waals surface area contributed by atoms with Gasteiger partial charge in [-0.3, -0.25) is 9.78 Å². The third-order valence-electron chi connectivity index (χ3n) is 5.22. The summed E-state index contributed by atoms with van der Waals surface area (Å²) in [6, 6.07) is 19.9. The number of carbonyl (C=O) groups excluding carboxylic acids is 1. The van der Waals surface area contributed by atoms with E-state index in [9.17, 15) is 13.2 Å². The number of nitrogens with one attached hydrogen (secondary N) is 1. The monoisotopic (exact) mass is 456 g/mol. The minimum absolute atomic E-state index is 0.0465. The fourth-order valence-corrected chi connectivity index (χ4v) is 4.25. The van der Waals surface area contributed by atoms with Crippen molar-refractivity contribution >= 4 is 32.2 Å². The van der Waals surface area contributed by atoms with Crippen LogP contribution < -0.4 is 5.32 Å². The van der Waals surface area contributed by atoms with E-state index in [4.69, 9.17) is 5.26 Å². The maximum Gasteiger partial charge on any atom is 0.275 e. The van der Waals surface area contributed by atoms with E-state index in [2.05, 4.69) is 34.3 Å². The summed E-state index contributed by atoms with van der Waals surface area (Å²) in [5, 5.41) is 13.5. The quantitative estimate of drug-likeness (QED) is 0.477. The molecule has 2 aromatic carbocycles. The van der Waals surface area contributed by atoms with E-state index >= 15 is 0 Å². The molecule has 4 rings (SSSR count). The number of aryl methyl sites for hydroxylation is 1. The molecule has 1 amide bonds. The van der Waals surface area contributed by atoms with Gasteiger partial charge in [-0.15, -0.1) is 0 Å². The van der Waals surface area contributed by atoms with Gasteiger partial charge < -0.3 is 5.32 Å². The van der Waals surface area contributed by atoms with E-state index in [1.807, 2.05) is 30.3 Å². The third kappa shape index (κ3) is 4.73. The molecule has 33 heavy (non-hydrogen) atoms. The molecule has 8 heteroatoms. The summed E-state index contributed by atoms with van der Waals surface area (Å²) in [4.78, 5) is 21.0. The number of nitriles is 1. The van der Waals surface area contributed by atoms with Gasteiger partial charge in [0.25, 0.3) is 5.91 Å². The maximum atomic E-state index is 12.8. The molecular weight excluding hydrogens is 436 g/mol. The summed E-state index contributed by atoms with van der Waals surface area (Å²) in [5.74, 6) is -0.715. The van der Waals surface area contributed by atoms with Gasteiger partial charge in [-0.05, 0) is 47.7 Å². The Labute approximate surface area is 191 Å². The number of anilines is 1. The zero-order valence-corrected chi connectivity index (χ0v) is 18.8. The number of sulfone groups is 1. The van der Waals surface area contributed by atoms with Crippen molar-refractivity contribution in [1.29, 1.82) is 5.26 Å². The van der Waals surface area contributed by atoms with Crippen molar-refractivity contribution in [3.8, 4) is 17.3 Å². The molecule has 7 nitrogen and oxygen atoms in total. The number of nitrogens with zero attached hydrogens (tertiary/aromatic N) is 3. The Morgan fingerprint density at radius 1 is 1.03 bits per heavy atom. The lowest BCUT2D eigenvalue weighted by atomic mass is 10.0. The summed E-state index contributed by atoms with van der Waals surface area (Å²) in [6.07, 6.45) is 3.69. The first-order valence-electron chi connectivity index (χ1n) is 10.2. The Balaban J connectivity index is 1.63. The molecule has 0 saturated carbocycles. The van der Waals surface area contributed by atoms with Gasteiger partial charge in [-0.25, -0.2) is 13.4 Å². The number of pyridine rings is 2. The predicted octanol–water partition coefficient (Wildman–Crippen LogP) is 4.39. The molecule has 0 spiro atoms.